The van der Waals surface area contributed by atoms with Crippen LogP contribution in [0, 0.1) is 5.92 Å². The van der Waals surface area contributed by atoms with Crippen molar-refractivity contribution in [1.82, 2.24) is 0 Å². The average molecular weight is 257 g/mol. The van der Waals surface area contributed by atoms with Gasteiger partial charge in [-0.15, -0.1) is 11.6 Å². The first-order chi connectivity index (χ1) is 7.72. The molecule has 0 N–H and O–H groups in total. The zero-order valence-electron chi connectivity index (χ0n) is 9.01. The minimum Gasteiger partial charge on any atom is -0.294 e. The first-order valence-corrected chi connectivity index (χ1v) is 6.52. The van der Waals surface area contributed by atoms with Crippen LogP contribution in [0.3, 0.4) is 0 Å². The average Bonchev–Trinajstić information content (AvgIpc) is 2.56. The van der Waals surface area contributed by atoms with E-state index in [1.54, 1.807) is 6.07 Å². The maximum Gasteiger partial charge on any atom is 0.166 e. The largest absolute Gasteiger partial charge is 0.294 e. The summed E-state index contributed by atoms with van der Waals surface area (Å²) in [4.78, 5) is 12.0. The van der Waals surface area contributed by atoms with Crippen molar-refractivity contribution in [1.29, 1.82) is 0 Å². The predicted molar refractivity (Wildman–Crippen MR) is 67.5 cm³/mol. The fourth-order valence-electron chi connectivity index (χ4n) is 2.27. The van der Waals surface area contributed by atoms with Gasteiger partial charge in [-0.3, -0.25) is 4.79 Å². The number of unbranched alkanes of at least 4 members (excludes halogenated alkanes) is 1. The highest BCUT2D eigenvalue weighted by molar-refractivity contribution is 6.30. The second-order valence-electron chi connectivity index (χ2n) is 4.25. The SMILES string of the molecule is O=C1c2ccc(Cl)cc2CC1CCCCCl. The molecule has 1 aliphatic carbocycles. The molecule has 16 heavy (non-hydrogen) atoms. The van der Waals surface area contributed by atoms with Crippen LogP contribution >= 0.6 is 23.2 Å². The Bertz CT molecular complexity index is 401. The van der Waals surface area contributed by atoms with Crippen molar-refractivity contribution < 1.29 is 4.79 Å². The molecule has 0 saturated carbocycles. The number of ketones is 1. The maximum absolute atomic E-state index is 12.0. The summed E-state index contributed by atoms with van der Waals surface area (Å²) in [6.07, 6.45) is 3.80. The Hall–Kier alpha value is -0.530. The number of carbonyl (C=O) groups excluding carboxylic acids is 1. The van der Waals surface area contributed by atoms with Gasteiger partial charge in [0.05, 0.1) is 0 Å². The van der Waals surface area contributed by atoms with Crippen LogP contribution in [0.5, 0.6) is 0 Å². The third kappa shape index (κ3) is 2.41. The van der Waals surface area contributed by atoms with Crippen LogP contribution in [-0.4, -0.2) is 11.7 Å². The minimum atomic E-state index is 0.150. The van der Waals surface area contributed by atoms with Crippen molar-refractivity contribution in [3.63, 3.8) is 0 Å². The zero-order valence-corrected chi connectivity index (χ0v) is 10.5. The van der Waals surface area contributed by atoms with Gasteiger partial charge in [0.25, 0.3) is 0 Å². The topological polar surface area (TPSA) is 17.1 Å². The second kappa shape index (κ2) is 5.20. The molecule has 1 atom stereocenters. The summed E-state index contributed by atoms with van der Waals surface area (Å²) in [6, 6.07) is 5.55. The lowest BCUT2D eigenvalue weighted by atomic mass is 9.98. The number of fused-ring (bicyclic) bond motifs is 1. The van der Waals surface area contributed by atoms with Crippen molar-refractivity contribution >= 4 is 29.0 Å². The van der Waals surface area contributed by atoms with Gasteiger partial charge < -0.3 is 0 Å². The molecular formula is C13H14Cl2O. The summed E-state index contributed by atoms with van der Waals surface area (Å²) in [7, 11) is 0. The van der Waals surface area contributed by atoms with Crippen LogP contribution in [0.4, 0.5) is 0 Å². The van der Waals surface area contributed by atoms with Gasteiger partial charge in [-0.25, -0.2) is 0 Å². The summed E-state index contributed by atoms with van der Waals surface area (Å²) in [6.45, 7) is 0. The summed E-state index contributed by atoms with van der Waals surface area (Å²) < 4.78 is 0. The summed E-state index contributed by atoms with van der Waals surface area (Å²) in [5.74, 6) is 1.11. The van der Waals surface area contributed by atoms with Crippen LogP contribution in [0.25, 0.3) is 0 Å². The van der Waals surface area contributed by atoms with Gasteiger partial charge in [-0.05, 0) is 43.0 Å². The van der Waals surface area contributed by atoms with Crippen molar-refractivity contribution in [2.75, 3.05) is 5.88 Å². The molecule has 1 aromatic rings. The number of rotatable bonds is 4. The molecule has 0 saturated heterocycles. The second-order valence-corrected chi connectivity index (χ2v) is 5.07. The molecule has 0 spiro atoms. The van der Waals surface area contributed by atoms with Gasteiger partial charge in [-0.2, -0.15) is 0 Å². The van der Waals surface area contributed by atoms with Crippen molar-refractivity contribution in [3.8, 4) is 0 Å². The van der Waals surface area contributed by atoms with Crippen LogP contribution < -0.4 is 0 Å². The quantitative estimate of drug-likeness (QED) is 0.586. The normalized spacial score (nSPS) is 18.9. The summed E-state index contributed by atoms with van der Waals surface area (Å²) in [5.41, 5.74) is 1.97. The van der Waals surface area contributed by atoms with E-state index in [4.69, 9.17) is 23.2 Å². The van der Waals surface area contributed by atoms with E-state index < -0.39 is 0 Å². The highest BCUT2D eigenvalue weighted by atomic mass is 35.5. The van der Waals surface area contributed by atoms with E-state index in [0.29, 0.717) is 10.9 Å². The standard InChI is InChI=1S/C13H14Cl2O/c14-6-2-1-3-9-7-10-8-11(15)4-5-12(10)13(9)16/h4-5,8-9H,1-3,6-7H2. The molecule has 0 aliphatic heterocycles. The zero-order chi connectivity index (χ0) is 11.5. The molecule has 0 bridgehead atoms. The smallest absolute Gasteiger partial charge is 0.166 e. The Labute approximate surface area is 106 Å². The lowest BCUT2D eigenvalue weighted by Crippen LogP contribution is -2.08. The number of carbonyl (C=O) groups is 1. The van der Waals surface area contributed by atoms with Gasteiger partial charge in [0, 0.05) is 22.4 Å². The Kier molecular flexibility index (Phi) is 3.88. The molecule has 0 radical (unpaired) electrons. The van der Waals surface area contributed by atoms with E-state index in [1.165, 1.54) is 0 Å². The van der Waals surface area contributed by atoms with E-state index in [-0.39, 0.29) is 11.7 Å². The van der Waals surface area contributed by atoms with Gasteiger partial charge in [0.15, 0.2) is 5.78 Å². The van der Waals surface area contributed by atoms with Gasteiger partial charge in [-0.1, -0.05) is 18.0 Å². The van der Waals surface area contributed by atoms with E-state index in [2.05, 4.69) is 0 Å². The monoisotopic (exact) mass is 256 g/mol. The molecule has 86 valence electrons. The van der Waals surface area contributed by atoms with Crippen molar-refractivity contribution in [2.45, 2.75) is 25.7 Å². The van der Waals surface area contributed by atoms with Crippen LogP contribution in [-0.2, 0) is 6.42 Å². The molecule has 1 unspecified atom stereocenters. The number of Topliss-reactive ketones (excluding diaryl/α,β-unsaturated/α-hetero) is 1. The molecule has 0 aromatic heterocycles. The molecule has 0 amide bonds. The maximum atomic E-state index is 12.0. The van der Waals surface area contributed by atoms with Gasteiger partial charge in [0.1, 0.15) is 0 Å². The number of hydrogen-bond donors (Lipinski definition) is 0. The molecular weight excluding hydrogens is 243 g/mol. The Morgan fingerprint density at radius 3 is 2.88 bits per heavy atom. The van der Waals surface area contributed by atoms with Gasteiger partial charge >= 0.3 is 0 Å². The lowest BCUT2D eigenvalue weighted by Gasteiger charge is -2.05. The number of halogens is 2. The van der Waals surface area contributed by atoms with E-state index in [9.17, 15) is 4.79 Å². The third-order valence-corrected chi connectivity index (χ3v) is 3.61. The Morgan fingerprint density at radius 1 is 1.31 bits per heavy atom. The fraction of sp³-hybridized carbons (Fsp3) is 0.462. The molecule has 0 fully saturated rings. The number of alkyl halides is 1. The molecule has 1 aromatic carbocycles. The Balaban J connectivity index is 2.06. The van der Waals surface area contributed by atoms with E-state index in [1.807, 2.05) is 12.1 Å². The first-order valence-electron chi connectivity index (χ1n) is 5.61. The third-order valence-electron chi connectivity index (χ3n) is 3.11. The molecule has 1 nitrogen and oxygen atoms in total. The number of benzene rings is 1. The summed E-state index contributed by atoms with van der Waals surface area (Å²) >= 11 is 11.5. The van der Waals surface area contributed by atoms with Crippen LogP contribution in [0.15, 0.2) is 18.2 Å². The molecule has 3 heteroatoms. The number of hydrogen-bond acceptors (Lipinski definition) is 1. The Morgan fingerprint density at radius 2 is 2.12 bits per heavy atom. The molecule has 2 rings (SSSR count). The lowest BCUT2D eigenvalue weighted by molar-refractivity contribution is 0.0929. The molecule has 0 heterocycles. The molecule has 1 aliphatic rings. The first kappa shape index (κ1) is 11.9. The van der Waals surface area contributed by atoms with E-state index >= 15 is 0 Å². The van der Waals surface area contributed by atoms with Crippen molar-refractivity contribution in [3.05, 3.63) is 34.3 Å². The van der Waals surface area contributed by atoms with Gasteiger partial charge in [0.2, 0.25) is 0 Å². The fourth-order valence-corrected chi connectivity index (χ4v) is 2.65. The predicted octanol–water partition coefficient (Wildman–Crippen LogP) is 4.10. The van der Waals surface area contributed by atoms with Crippen LogP contribution in [0.2, 0.25) is 5.02 Å². The van der Waals surface area contributed by atoms with Crippen molar-refractivity contribution in [2.24, 2.45) is 5.92 Å². The van der Waals surface area contributed by atoms with Crippen LogP contribution in [0.1, 0.15) is 35.2 Å². The summed E-state index contributed by atoms with van der Waals surface area (Å²) in [5, 5.41) is 0.716. The highest BCUT2D eigenvalue weighted by Crippen LogP contribution is 2.31. The van der Waals surface area contributed by atoms with E-state index in [0.717, 1.165) is 36.8 Å². The minimum absolute atomic E-state index is 0.150. The highest BCUT2D eigenvalue weighted by Gasteiger charge is 2.29.